The molecule has 2 atom stereocenters. The van der Waals surface area contributed by atoms with Crippen LogP contribution in [0.1, 0.15) is 35.4 Å². The van der Waals surface area contributed by atoms with E-state index in [1.54, 1.807) is 6.08 Å². The maximum atomic E-state index is 6.37. The molecule has 29 heavy (non-hydrogen) atoms. The van der Waals surface area contributed by atoms with Gasteiger partial charge in [-0.15, -0.1) is 0 Å². The van der Waals surface area contributed by atoms with Crippen molar-refractivity contribution >= 4 is 5.71 Å². The average molecular weight is 382 g/mol. The number of benzene rings is 3. The van der Waals surface area contributed by atoms with E-state index >= 15 is 0 Å². The van der Waals surface area contributed by atoms with Gasteiger partial charge in [-0.05, 0) is 35.9 Å². The molecule has 0 bridgehead atoms. The molecular formula is C25H22N2O2. The molecule has 0 saturated carbocycles. The smallest absolute Gasteiger partial charge is 0.213 e. The minimum Gasteiger partial charge on any atom is -0.490 e. The molecule has 0 amide bonds. The average Bonchev–Trinajstić information content (AvgIpc) is 3.24. The summed E-state index contributed by atoms with van der Waals surface area (Å²) in [6.07, 6.45) is 2.36. The zero-order chi connectivity index (χ0) is 19.6. The molecule has 0 fully saturated rings. The third-order valence-corrected chi connectivity index (χ3v) is 5.34. The molecule has 4 nitrogen and oxygen atoms in total. The van der Waals surface area contributed by atoms with Crippen LogP contribution >= 0.6 is 0 Å². The van der Waals surface area contributed by atoms with E-state index in [1.807, 2.05) is 42.5 Å². The highest BCUT2D eigenvalue weighted by Crippen LogP contribution is 2.47. The molecule has 3 aromatic carbocycles. The van der Waals surface area contributed by atoms with Crippen molar-refractivity contribution in [1.82, 2.24) is 5.01 Å². The SMILES string of the molecule is C=CCOc1ccc(C2=NN3[C@H](C2)c2ccccc2O[C@H]3c2ccccc2)cc1. The van der Waals surface area contributed by atoms with Crippen LogP contribution in [0.4, 0.5) is 0 Å². The third kappa shape index (κ3) is 3.27. The fourth-order valence-electron chi connectivity index (χ4n) is 3.95. The van der Waals surface area contributed by atoms with Gasteiger partial charge in [0.1, 0.15) is 18.1 Å². The van der Waals surface area contributed by atoms with Crippen molar-refractivity contribution < 1.29 is 9.47 Å². The summed E-state index contributed by atoms with van der Waals surface area (Å²) in [5.74, 6) is 1.77. The second-order valence-electron chi connectivity index (χ2n) is 7.19. The van der Waals surface area contributed by atoms with E-state index in [4.69, 9.17) is 14.6 Å². The predicted molar refractivity (Wildman–Crippen MR) is 114 cm³/mol. The van der Waals surface area contributed by atoms with E-state index in [9.17, 15) is 0 Å². The minimum absolute atomic E-state index is 0.164. The number of hydrazone groups is 1. The van der Waals surface area contributed by atoms with Crippen LogP contribution in [0.5, 0.6) is 11.5 Å². The number of hydrogen-bond donors (Lipinski definition) is 0. The maximum absolute atomic E-state index is 6.37. The van der Waals surface area contributed by atoms with Crippen molar-refractivity contribution in [3.8, 4) is 11.5 Å². The number of rotatable bonds is 5. The van der Waals surface area contributed by atoms with Crippen molar-refractivity contribution in [2.45, 2.75) is 18.7 Å². The molecule has 3 aromatic rings. The van der Waals surface area contributed by atoms with Crippen molar-refractivity contribution in [1.29, 1.82) is 0 Å². The molecule has 0 spiro atoms. The van der Waals surface area contributed by atoms with E-state index in [-0.39, 0.29) is 12.3 Å². The summed E-state index contributed by atoms with van der Waals surface area (Å²) in [7, 11) is 0. The van der Waals surface area contributed by atoms with Gasteiger partial charge in [-0.1, -0.05) is 61.2 Å². The Kier molecular flexibility index (Phi) is 4.53. The third-order valence-electron chi connectivity index (χ3n) is 5.34. The molecule has 144 valence electrons. The molecule has 2 heterocycles. The van der Waals surface area contributed by atoms with Crippen LogP contribution in [0.25, 0.3) is 0 Å². The summed E-state index contributed by atoms with van der Waals surface area (Å²) in [6, 6.07) is 26.8. The van der Waals surface area contributed by atoms with Gasteiger partial charge in [-0.25, -0.2) is 5.01 Å². The zero-order valence-corrected chi connectivity index (χ0v) is 16.1. The van der Waals surface area contributed by atoms with Crippen LogP contribution < -0.4 is 9.47 Å². The molecule has 5 rings (SSSR count). The number of nitrogens with zero attached hydrogens (tertiary/aromatic N) is 2. The normalized spacial score (nSPS) is 19.6. The Labute approximate surface area is 170 Å². The fraction of sp³-hybridized carbons (Fsp3) is 0.160. The molecule has 0 N–H and O–H groups in total. The number of hydrogen-bond acceptors (Lipinski definition) is 4. The quantitative estimate of drug-likeness (QED) is 0.547. The van der Waals surface area contributed by atoms with Gasteiger partial charge < -0.3 is 9.47 Å². The van der Waals surface area contributed by atoms with Gasteiger partial charge in [-0.2, -0.15) is 5.10 Å². The van der Waals surface area contributed by atoms with Crippen molar-refractivity contribution in [2.75, 3.05) is 6.61 Å². The van der Waals surface area contributed by atoms with Crippen LogP contribution in [0, 0.1) is 0 Å². The lowest BCUT2D eigenvalue weighted by Gasteiger charge is -2.38. The Morgan fingerprint density at radius 3 is 2.55 bits per heavy atom. The number of para-hydroxylation sites is 1. The summed E-state index contributed by atoms with van der Waals surface area (Å²) in [5, 5.41) is 7.10. The lowest BCUT2D eigenvalue weighted by Crippen LogP contribution is -2.33. The Morgan fingerprint density at radius 1 is 1.00 bits per heavy atom. The van der Waals surface area contributed by atoms with Gasteiger partial charge in [0.2, 0.25) is 6.23 Å². The van der Waals surface area contributed by atoms with Crippen LogP contribution in [-0.4, -0.2) is 17.3 Å². The van der Waals surface area contributed by atoms with E-state index in [0.717, 1.165) is 34.8 Å². The molecule has 4 heteroatoms. The Morgan fingerprint density at radius 2 is 1.76 bits per heavy atom. The topological polar surface area (TPSA) is 34.1 Å². The summed E-state index contributed by atoms with van der Waals surface area (Å²) < 4.78 is 12.0. The first-order chi connectivity index (χ1) is 14.3. The maximum Gasteiger partial charge on any atom is 0.213 e. The van der Waals surface area contributed by atoms with E-state index in [1.165, 1.54) is 5.56 Å². The number of fused-ring (bicyclic) bond motifs is 3. The summed E-state index contributed by atoms with van der Waals surface area (Å²) in [6.45, 7) is 4.19. The molecular weight excluding hydrogens is 360 g/mol. The van der Waals surface area contributed by atoms with Gasteiger partial charge in [-0.3, -0.25) is 0 Å². The molecule has 2 aliphatic rings. The lowest BCUT2D eigenvalue weighted by molar-refractivity contribution is -0.0190. The first-order valence-electron chi connectivity index (χ1n) is 9.84. The molecule has 0 unspecified atom stereocenters. The van der Waals surface area contributed by atoms with E-state index in [2.05, 4.69) is 48.0 Å². The number of ether oxygens (including phenoxy) is 2. The van der Waals surface area contributed by atoms with Crippen molar-refractivity contribution in [2.24, 2.45) is 5.10 Å². The minimum atomic E-state index is -0.233. The van der Waals surface area contributed by atoms with Gasteiger partial charge in [0.05, 0.1) is 11.8 Å². The van der Waals surface area contributed by atoms with Crippen LogP contribution in [0.15, 0.2) is 96.6 Å². The standard InChI is InChI=1S/C25H22N2O2/c1-2-16-28-20-14-12-18(13-15-20)22-17-23-21-10-6-7-11-24(21)29-25(27(23)26-22)19-8-4-3-5-9-19/h2-15,23,25H,1,16-17H2/t23-,25+/m1/s1. The summed E-state index contributed by atoms with van der Waals surface area (Å²) in [4.78, 5) is 0. The van der Waals surface area contributed by atoms with Crippen LogP contribution in [-0.2, 0) is 0 Å². The predicted octanol–water partition coefficient (Wildman–Crippen LogP) is 5.49. The Hall–Kier alpha value is -3.53. The molecule has 0 radical (unpaired) electrons. The monoisotopic (exact) mass is 382 g/mol. The zero-order valence-electron chi connectivity index (χ0n) is 16.1. The second-order valence-corrected chi connectivity index (χ2v) is 7.19. The molecule has 0 aliphatic carbocycles. The van der Waals surface area contributed by atoms with Crippen LogP contribution in [0.3, 0.4) is 0 Å². The molecule has 0 saturated heterocycles. The van der Waals surface area contributed by atoms with E-state index < -0.39 is 0 Å². The van der Waals surface area contributed by atoms with E-state index in [0.29, 0.717) is 6.61 Å². The highest BCUT2D eigenvalue weighted by Gasteiger charge is 2.40. The highest BCUT2D eigenvalue weighted by molar-refractivity contribution is 6.02. The fourth-order valence-corrected chi connectivity index (χ4v) is 3.95. The Bertz CT molecular complexity index is 1040. The molecule has 2 aliphatic heterocycles. The van der Waals surface area contributed by atoms with Gasteiger partial charge >= 0.3 is 0 Å². The summed E-state index contributed by atoms with van der Waals surface area (Å²) >= 11 is 0. The molecule has 0 aromatic heterocycles. The summed E-state index contributed by atoms with van der Waals surface area (Å²) in [5.41, 5.74) is 4.45. The van der Waals surface area contributed by atoms with Gasteiger partial charge in [0.15, 0.2) is 0 Å². The van der Waals surface area contributed by atoms with Gasteiger partial charge in [0.25, 0.3) is 0 Å². The lowest BCUT2D eigenvalue weighted by atomic mass is 9.96. The largest absolute Gasteiger partial charge is 0.490 e. The first kappa shape index (κ1) is 17.6. The highest BCUT2D eigenvalue weighted by atomic mass is 16.5. The van der Waals surface area contributed by atoms with Crippen molar-refractivity contribution in [3.63, 3.8) is 0 Å². The van der Waals surface area contributed by atoms with Gasteiger partial charge in [0, 0.05) is 17.5 Å². The van der Waals surface area contributed by atoms with Crippen molar-refractivity contribution in [3.05, 3.63) is 108 Å². The second kappa shape index (κ2) is 7.47. The Balaban J connectivity index is 1.49. The van der Waals surface area contributed by atoms with Crippen LogP contribution in [0.2, 0.25) is 0 Å². The first-order valence-corrected chi connectivity index (χ1v) is 9.84.